The lowest BCUT2D eigenvalue weighted by molar-refractivity contribution is 0.0927. The van der Waals surface area contributed by atoms with Crippen LogP contribution in [-0.2, 0) is 10.0 Å². The minimum absolute atomic E-state index is 0.250. The maximum absolute atomic E-state index is 12.6. The molecule has 6 nitrogen and oxygen atoms in total. The van der Waals surface area contributed by atoms with Crippen molar-refractivity contribution < 1.29 is 17.9 Å². The van der Waals surface area contributed by atoms with Gasteiger partial charge in [-0.15, -0.1) is 0 Å². The molecule has 0 saturated heterocycles. The molecule has 0 unspecified atom stereocenters. The normalized spacial score (nSPS) is 12.3. The molecule has 0 aliphatic heterocycles. The number of carbonyl (C=O) groups excluding carboxylic acids is 1. The van der Waals surface area contributed by atoms with Crippen molar-refractivity contribution >= 4 is 21.6 Å². The summed E-state index contributed by atoms with van der Waals surface area (Å²) in [6.45, 7) is 4.13. The van der Waals surface area contributed by atoms with Crippen molar-refractivity contribution in [3.63, 3.8) is 0 Å². The minimum Gasteiger partial charge on any atom is -0.491 e. The molecule has 0 radical (unpaired) electrons. The highest BCUT2D eigenvalue weighted by molar-refractivity contribution is 7.92. The van der Waals surface area contributed by atoms with Crippen molar-refractivity contribution in [1.82, 2.24) is 5.32 Å². The Labute approximate surface area is 154 Å². The van der Waals surface area contributed by atoms with Gasteiger partial charge in [0.25, 0.3) is 5.91 Å². The van der Waals surface area contributed by atoms with E-state index in [1.54, 1.807) is 24.3 Å². The molecule has 1 N–H and O–H groups in total. The average Bonchev–Trinajstić information content (AvgIpc) is 2.59. The van der Waals surface area contributed by atoms with Gasteiger partial charge in [0, 0.05) is 7.05 Å². The number of rotatable bonds is 7. The molecular formula is C19H24N2O4S. The number of anilines is 1. The number of hydrogen-bond acceptors (Lipinski definition) is 4. The van der Waals surface area contributed by atoms with Crippen LogP contribution < -0.4 is 14.4 Å². The van der Waals surface area contributed by atoms with E-state index in [0.717, 1.165) is 21.9 Å². The highest BCUT2D eigenvalue weighted by atomic mass is 32.2. The smallest absolute Gasteiger partial charge is 0.253 e. The standard InChI is InChI=1S/C19H24N2O4S/c1-14-9-11-16(12-10-14)25-13-15(2)20-19(22)17-7-5-6-8-18(17)21(3)26(4,23)24/h5-12,15H,13H2,1-4H3,(H,20,22)/t15-/m1/s1. The van der Waals surface area contributed by atoms with Crippen LogP contribution in [0.5, 0.6) is 5.75 Å². The molecule has 2 aromatic rings. The Balaban J connectivity index is 2.04. The largest absolute Gasteiger partial charge is 0.491 e. The summed E-state index contributed by atoms with van der Waals surface area (Å²) in [6, 6.07) is 14.0. The van der Waals surface area contributed by atoms with Crippen molar-refractivity contribution in [1.29, 1.82) is 0 Å². The van der Waals surface area contributed by atoms with E-state index in [1.807, 2.05) is 38.1 Å². The molecule has 0 aromatic heterocycles. The summed E-state index contributed by atoms with van der Waals surface area (Å²) in [6.07, 6.45) is 1.10. The van der Waals surface area contributed by atoms with Crippen molar-refractivity contribution in [2.45, 2.75) is 19.9 Å². The monoisotopic (exact) mass is 376 g/mol. The molecule has 140 valence electrons. The molecule has 0 bridgehead atoms. The van der Waals surface area contributed by atoms with Gasteiger partial charge < -0.3 is 10.1 Å². The molecule has 0 fully saturated rings. The maximum atomic E-state index is 12.6. The topological polar surface area (TPSA) is 75.7 Å². The van der Waals surface area contributed by atoms with E-state index in [0.29, 0.717) is 17.9 Å². The van der Waals surface area contributed by atoms with Crippen molar-refractivity contribution in [2.75, 3.05) is 24.2 Å². The highest BCUT2D eigenvalue weighted by Gasteiger charge is 2.20. The first-order valence-corrected chi connectivity index (χ1v) is 10.1. The molecule has 0 spiro atoms. The molecule has 26 heavy (non-hydrogen) atoms. The van der Waals surface area contributed by atoms with Gasteiger partial charge in [-0.1, -0.05) is 29.8 Å². The lowest BCUT2D eigenvalue weighted by atomic mass is 10.1. The molecule has 1 amide bonds. The van der Waals surface area contributed by atoms with E-state index in [2.05, 4.69) is 5.32 Å². The predicted molar refractivity (Wildman–Crippen MR) is 103 cm³/mol. The SMILES string of the molecule is Cc1ccc(OC[C@@H](C)NC(=O)c2ccccc2N(C)S(C)(=O)=O)cc1. The lowest BCUT2D eigenvalue weighted by Gasteiger charge is -2.21. The van der Waals surface area contributed by atoms with Gasteiger partial charge in [0.1, 0.15) is 12.4 Å². The fourth-order valence-electron chi connectivity index (χ4n) is 2.32. The Morgan fingerprint density at radius 3 is 2.38 bits per heavy atom. The fraction of sp³-hybridized carbons (Fsp3) is 0.316. The number of carbonyl (C=O) groups is 1. The van der Waals surface area contributed by atoms with Crippen molar-refractivity contribution in [2.24, 2.45) is 0 Å². The summed E-state index contributed by atoms with van der Waals surface area (Å²) in [4.78, 5) is 12.6. The van der Waals surface area contributed by atoms with E-state index >= 15 is 0 Å². The van der Waals surface area contributed by atoms with Crippen molar-refractivity contribution in [3.05, 3.63) is 59.7 Å². The Kier molecular flexibility index (Phi) is 6.26. The summed E-state index contributed by atoms with van der Waals surface area (Å²) in [5, 5.41) is 2.84. The predicted octanol–water partition coefficient (Wildman–Crippen LogP) is 2.59. The Morgan fingerprint density at radius 1 is 1.15 bits per heavy atom. The first-order valence-electron chi connectivity index (χ1n) is 8.21. The first kappa shape index (κ1) is 19.8. The van der Waals surface area contributed by atoms with Gasteiger partial charge in [-0.2, -0.15) is 0 Å². The molecule has 0 saturated carbocycles. The third-order valence-corrected chi connectivity index (χ3v) is 5.08. The van der Waals surface area contributed by atoms with E-state index in [4.69, 9.17) is 4.74 Å². The van der Waals surface area contributed by atoms with E-state index in [9.17, 15) is 13.2 Å². The van der Waals surface area contributed by atoms with Gasteiger partial charge in [0.2, 0.25) is 10.0 Å². The number of ether oxygens (including phenoxy) is 1. The van der Waals surface area contributed by atoms with Crippen LogP contribution in [0.15, 0.2) is 48.5 Å². The second-order valence-corrected chi connectivity index (χ2v) is 8.26. The van der Waals surface area contributed by atoms with Gasteiger partial charge >= 0.3 is 0 Å². The number of hydrogen-bond donors (Lipinski definition) is 1. The number of nitrogens with one attached hydrogen (secondary N) is 1. The summed E-state index contributed by atoms with van der Waals surface area (Å²) in [7, 11) is -2.04. The van der Waals surface area contributed by atoms with Crippen LogP contribution in [-0.4, -0.2) is 40.3 Å². The van der Waals surface area contributed by atoms with Crippen LogP contribution in [0.3, 0.4) is 0 Å². The van der Waals surface area contributed by atoms with Crippen LogP contribution in [0.2, 0.25) is 0 Å². The second kappa shape index (κ2) is 8.23. The van der Waals surface area contributed by atoms with Crippen LogP contribution >= 0.6 is 0 Å². The summed E-state index contributed by atoms with van der Waals surface area (Å²) >= 11 is 0. The second-order valence-electron chi connectivity index (χ2n) is 6.25. The third kappa shape index (κ3) is 5.23. The van der Waals surface area contributed by atoms with E-state index in [-0.39, 0.29) is 11.9 Å². The zero-order valence-electron chi connectivity index (χ0n) is 15.4. The number of aryl methyl sites for hydroxylation is 1. The molecule has 0 aliphatic carbocycles. The maximum Gasteiger partial charge on any atom is 0.253 e. The number of amides is 1. The summed E-state index contributed by atoms with van der Waals surface area (Å²) in [5.41, 5.74) is 1.77. The van der Waals surface area contributed by atoms with E-state index in [1.165, 1.54) is 7.05 Å². The zero-order valence-corrected chi connectivity index (χ0v) is 16.2. The number of sulfonamides is 1. The Bertz CT molecular complexity index is 863. The minimum atomic E-state index is -3.46. The van der Waals surface area contributed by atoms with Crippen molar-refractivity contribution in [3.8, 4) is 5.75 Å². The van der Waals surface area contributed by atoms with Crippen LogP contribution in [0.25, 0.3) is 0 Å². The number of para-hydroxylation sites is 1. The number of benzene rings is 2. The summed E-state index contributed by atoms with van der Waals surface area (Å²) < 4.78 is 30.3. The quantitative estimate of drug-likeness (QED) is 0.806. The average molecular weight is 376 g/mol. The lowest BCUT2D eigenvalue weighted by Crippen LogP contribution is -2.38. The van der Waals surface area contributed by atoms with Gasteiger partial charge in [0.05, 0.1) is 23.5 Å². The molecule has 0 aliphatic rings. The molecule has 7 heteroatoms. The molecule has 0 heterocycles. The fourth-order valence-corrected chi connectivity index (χ4v) is 2.83. The summed E-state index contributed by atoms with van der Waals surface area (Å²) in [5.74, 6) is 0.380. The molecular weight excluding hydrogens is 352 g/mol. The molecule has 1 atom stereocenters. The van der Waals surface area contributed by atoms with E-state index < -0.39 is 10.0 Å². The molecule has 2 rings (SSSR count). The van der Waals surface area contributed by atoms with Crippen LogP contribution in [0.1, 0.15) is 22.8 Å². The Hall–Kier alpha value is -2.54. The van der Waals surface area contributed by atoms with Gasteiger partial charge in [0.15, 0.2) is 0 Å². The first-order chi connectivity index (χ1) is 12.2. The zero-order chi connectivity index (χ0) is 19.3. The van der Waals surface area contributed by atoms with Gasteiger partial charge in [-0.05, 0) is 38.1 Å². The number of nitrogens with zero attached hydrogens (tertiary/aromatic N) is 1. The van der Waals surface area contributed by atoms with Crippen LogP contribution in [0, 0.1) is 6.92 Å². The van der Waals surface area contributed by atoms with Gasteiger partial charge in [-0.25, -0.2) is 8.42 Å². The highest BCUT2D eigenvalue weighted by Crippen LogP contribution is 2.21. The third-order valence-electron chi connectivity index (χ3n) is 3.88. The molecule has 2 aromatic carbocycles. The van der Waals surface area contributed by atoms with Gasteiger partial charge in [-0.3, -0.25) is 9.10 Å². The van der Waals surface area contributed by atoms with Crippen LogP contribution in [0.4, 0.5) is 5.69 Å². The Morgan fingerprint density at radius 2 is 1.77 bits per heavy atom.